The smallest absolute Gasteiger partial charge is 0.184 e. The Morgan fingerprint density at radius 2 is 1.94 bits per heavy atom. The second-order valence-corrected chi connectivity index (χ2v) is 4.26. The standard InChI is InChI=1S/C12H18N6/c1-3-9(4-2)18-12(15-16-17-18)10-6-5-8(13)7-11(10)14/h5-7,9H,3-4,13-14H2,1-2H3. The first-order valence-corrected chi connectivity index (χ1v) is 6.10. The molecule has 1 aromatic heterocycles. The van der Waals surface area contributed by atoms with Crippen LogP contribution in [0.2, 0.25) is 0 Å². The molecule has 6 nitrogen and oxygen atoms in total. The zero-order valence-electron chi connectivity index (χ0n) is 10.7. The van der Waals surface area contributed by atoms with Gasteiger partial charge in [0.2, 0.25) is 0 Å². The maximum atomic E-state index is 5.98. The second-order valence-electron chi connectivity index (χ2n) is 4.26. The Hall–Kier alpha value is -2.11. The third-order valence-electron chi connectivity index (χ3n) is 3.10. The zero-order valence-corrected chi connectivity index (χ0v) is 10.7. The number of hydrogen-bond donors (Lipinski definition) is 2. The van der Waals surface area contributed by atoms with E-state index in [1.165, 1.54) is 0 Å². The highest BCUT2D eigenvalue weighted by Crippen LogP contribution is 2.28. The van der Waals surface area contributed by atoms with Crippen LogP contribution in [0.1, 0.15) is 32.7 Å². The van der Waals surface area contributed by atoms with Gasteiger partial charge in [0.15, 0.2) is 5.82 Å². The summed E-state index contributed by atoms with van der Waals surface area (Å²) in [5.74, 6) is 0.696. The number of nitrogens with zero attached hydrogens (tertiary/aromatic N) is 4. The lowest BCUT2D eigenvalue weighted by Gasteiger charge is -2.15. The summed E-state index contributed by atoms with van der Waals surface area (Å²) in [5.41, 5.74) is 13.7. The minimum atomic E-state index is 0.284. The van der Waals surface area contributed by atoms with E-state index in [-0.39, 0.29) is 6.04 Å². The molecule has 4 N–H and O–H groups in total. The summed E-state index contributed by atoms with van der Waals surface area (Å²) in [4.78, 5) is 0. The summed E-state index contributed by atoms with van der Waals surface area (Å²) in [5, 5.41) is 11.9. The second kappa shape index (κ2) is 5.03. The van der Waals surface area contributed by atoms with Gasteiger partial charge >= 0.3 is 0 Å². The van der Waals surface area contributed by atoms with Crippen LogP contribution >= 0.6 is 0 Å². The minimum Gasteiger partial charge on any atom is -0.399 e. The van der Waals surface area contributed by atoms with E-state index in [9.17, 15) is 0 Å². The molecule has 18 heavy (non-hydrogen) atoms. The summed E-state index contributed by atoms with van der Waals surface area (Å²) < 4.78 is 1.84. The van der Waals surface area contributed by atoms with Crippen LogP contribution in [0.25, 0.3) is 11.4 Å². The predicted octanol–water partition coefficient (Wildman–Crippen LogP) is 1.87. The van der Waals surface area contributed by atoms with Crippen molar-refractivity contribution in [1.82, 2.24) is 20.2 Å². The number of anilines is 2. The van der Waals surface area contributed by atoms with E-state index in [1.807, 2.05) is 10.7 Å². The zero-order chi connectivity index (χ0) is 13.1. The molecule has 0 amide bonds. The molecule has 0 aliphatic carbocycles. The monoisotopic (exact) mass is 246 g/mol. The lowest BCUT2D eigenvalue weighted by molar-refractivity contribution is 0.422. The maximum absolute atomic E-state index is 5.98. The molecule has 1 aromatic carbocycles. The van der Waals surface area contributed by atoms with Crippen LogP contribution in [0.15, 0.2) is 18.2 Å². The molecular formula is C12H18N6. The highest BCUT2D eigenvalue weighted by Gasteiger charge is 2.17. The van der Waals surface area contributed by atoms with Gasteiger partial charge in [-0.3, -0.25) is 0 Å². The van der Waals surface area contributed by atoms with Gasteiger partial charge in [-0.05, 0) is 41.5 Å². The molecule has 1 heterocycles. The van der Waals surface area contributed by atoms with Crippen molar-refractivity contribution >= 4 is 11.4 Å². The van der Waals surface area contributed by atoms with Crippen LogP contribution < -0.4 is 11.5 Å². The van der Waals surface area contributed by atoms with Gasteiger partial charge in [0, 0.05) is 16.9 Å². The fourth-order valence-corrected chi connectivity index (χ4v) is 2.04. The minimum absolute atomic E-state index is 0.284. The number of nitrogens with two attached hydrogens (primary N) is 2. The van der Waals surface area contributed by atoms with Crippen LogP contribution in [0.5, 0.6) is 0 Å². The topological polar surface area (TPSA) is 95.6 Å². The number of rotatable bonds is 4. The van der Waals surface area contributed by atoms with Gasteiger partial charge in [0.05, 0.1) is 6.04 Å². The van der Waals surface area contributed by atoms with Crippen molar-refractivity contribution in [3.05, 3.63) is 18.2 Å². The number of benzene rings is 1. The lowest BCUT2D eigenvalue weighted by atomic mass is 10.1. The SMILES string of the molecule is CCC(CC)n1nnnc1-c1ccc(N)cc1N. The molecule has 0 saturated heterocycles. The Labute approximate surface area is 106 Å². The summed E-state index contributed by atoms with van der Waals surface area (Å²) in [6, 6.07) is 5.67. The molecule has 0 saturated carbocycles. The van der Waals surface area contributed by atoms with Gasteiger partial charge in [-0.15, -0.1) is 5.10 Å². The Morgan fingerprint density at radius 3 is 2.56 bits per heavy atom. The van der Waals surface area contributed by atoms with Crippen LogP contribution in [-0.2, 0) is 0 Å². The summed E-state index contributed by atoms with van der Waals surface area (Å²) in [6.07, 6.45) is 1.95. The Morgan fingerprint density at radius 1 is 1.22 bits per heavy atom. The van der Waals surface area contributed by atoms with E-state index in [2.05, 4.69) is 29.4 Å². The van der Waals surface area contributed by atoms with Crippen molar-refractivity contribution in [1.29, 1.82) is 0 Å². The molecular weight excluding hydrogens is 228 g/mol. The van der Waals surface area contributed by atoms with E-state index < -0.39 is 0 Å². The maximum Gasteiger partial charge on any atom is 0.184 e. The van der Waals surface area contributed by atoms with E-state index in [0.717, 1.165) is 18.4 Å². The largest absolute Gasteiger partial charge is 0.399 e. The summed E-state index contributed by atoms with van der Waals surface area (Å²) in [6.45, 7) is 4.23. The highest BCUT2D eigenvalue weighted by atomic mass is 15.5. The number of hydrogen-bond acceptors (Lipinski definition) is 5. The molecule has 0 spiro atoms. The highest BCUT2D eigenvalue weighted by molar-refractivity contribution is 5.74. The van der Waals surface area contributed by atoms with Gasteiger partial charge in [0.1, 0.15) is 0 Å². The van der Waals surface area contributed by atoms with E-state index in [0.29, 0.717) is 17.2 Å². The van der Waals surface area contributed by atoms with Crippen LogP contribution in [0.3, 0.4) is 0 Å². The average Bonchev–Trinajstić information content (AvgIpc) is 2.80. The Kier molecular flexibility index (Phi) is 3.45. The molecule has 0 aliphatic rings. The molecule has 0 aliphatic heterocycles. The number of aromatic nitrogens is 4. The summed E-state index contributed by atoms with van der Waals surface area (Å²) in [7, 11) is 0. The van der Waals surface area contributed by atoms with Gasteiger partial charge < -0.3 is 11.5 Å². The first-order valence-electron chi connectivity index (χ1n) is 6.10. The fourth-order valence-electron chi connectivity index (χ4n) is 2.04. The summed E-state index contributed by atoms with van der Waals surface area (Å²) >= 11 is 0. The van der Waals surface area contributed by atoms with Crippen molar-refractivity contribution in [2.24, 2.45) is 0 Å². The van der Waals surface area contributed by atoms with Crippen molar-refractivity contribution < 1.29 is 0 Å². The molecule has 0 unspecified atom stereocenters. The molecule has 2 rings (SSSR count). The Balaban J connectivity index is 2.48. The average molecular weight is 246 g/mol. The van der Waals surface area contributed by atoms with Gasteiger partial charge in [-0.25, -0.2) is 4.68 Å². The third kappa shape index (κ3) is 2.13. The molecule has 96 valence electrons. The third-order valence-corrected chi connectivity index (χ3v) is 3.10. The fraction of sp³-hybridized carbons (Fsp3) is 0.417. The van der Waals surface area contributed by atoms with Crippen LogP contribution in [0, 0.1) is 0 Å². The number of nitrogen functional groups attached to an aromatic ring is 2. The number of tetrazole rings is 1. The van der Waals surface area contributed by atoms with Crippen molar-refractivity contribution in [2.45, 2.75) is 32.7 Å². The van der Waals surface area contributed by atoms with Crippen LogP contribution in [0.4, 0.5) is 11.4 Å². The van der Waals surface area contributed by atoms with Gasteiger partial charge in [-0.2, -0.15) is 0 Å². The van der Waals surface area contributed by atoms with Crippen LogP contribution in [-0.4, -0.2) is 20.2 Å². The van der Waals surface area contributed by atoms with E-state index in [1.54, 1.807) is 12.1 Å². The lowest BCUT2D eigenvalue weighted by Crippen LogP contribution is -2.11. The first-order chi connectivity index (χ1) is 8.67. The van der Waals surface area contributed by atoms with E-state index >= 15 is 0 Å². The van der Waals surface area contributed by atoms with Crippen molar-refractivity contribution in [2.75, 3.05) is 11.5 Å². The predicted molar refractivity (Wildman–Crippen MR) is 71.7 cm³/mol. The van der Waals surface area contributed by atoms with E-state index in [4.69, 9.17) is 11.5 Å². The molecule has 6 heteroatoms. The molecule has 0 atom stereocenters. The quantitative estimate of drug-likeness (QED) is 0.803. The normalized spacial score (nSPS) is 11.1. The molecule has 0 bridgehead atoms. The Bertz CT molecular complexity index is 529. The first kappa shape index (κ1) is 12.3. The molecule has 2 aromatic rings. The molecule has 0 radical (unpaired) electrons. The van der Waals surface area contributed by atoms with Crippen molar-refractivity contribution in [3.8, 4) is 11.4 Å². The molecule has 0 fully saturated rings. The van der Waals surface area contributed by atoms with Gasteiger partial charge in [-0.1, -0.05) is 13.8 Å². The van der Waals surface area contributed by atoms with Gasteiger partial charge in [0.25, 0.3) is 0 Å². The van der Waals surface area contributed by atoms with Crippen molar-refractivity contribution in [3.63, 3.8) is 0 Å².